The van der Waals surface area contributed by atoms with Gasteiger partial charge in [0.1, 0.15) is 3.41 Å². The van der Waals surface area contributed by atoms with E-state index in [0.717, 1.165) is 40.3 Å². The van der Waals surface area contributed by atoms with Crippen LogP contribution < -0.4 is 0 Å². The monoisotopic (exact) mass is 384 g/mol. The molecule has 0 amide bonds. The first-order valence-electron chi connectivity index (χ1n) is 5.20. The van der Waals surface area contributed by atoms with Gasteiger partial charge in [-0.2, -0.15) is 62.3 Å². The van der Waals surface area contributed by atoms with Crippen LogP contribution in [0, 0.1) is 0 Å². The van der Waals surface area contributed by atoms with Crippen LogP contribution in [0.15, 0.2) is 0 Å². The van der Waals surface area contributed by atoms with Crippen molar-refractivity contribution in [3.63, 3.8) is 0 Å². The van der Waals surface area contributed by atoms with Gasteiger partial charge in [0.05, 0.1) is 0 Å². The maximum atomic E-state index is 4.90. The highest BCUT2D eigenvalue weighted by atomic mass is 32.3. The molecule has 0 rings (SSSR count). The molecule has 0 saturated heterocycles. The van der Waals surface area contributed by atoms with Crippen LogP contribution >= 0.6 is 98.4 Å². The van der Waals surface area contributed by atoms with Crippen LogP contribution in [0.5, 0.6) is 0 Å². The summed E-state index contributed by atoms with van der Waals surface area (Å²) in [6.45, 7) is 0. The van der Waals surface area contributed by atoms with Crippen LogP contribution in [0.3, 0.4) is 0 Å². The van der Waals surface area contributed by atoms with Crippen LogP contribution in [0.25, 0.3) is 0 Å². The standard InChI is InChI=1S/C9H20S8/c10-1-4-15-8(7-13)9(14,16-5-2-11)17-6-3-12/h8,10-14H,1-7H2. The van der Waals surface area contributed by atoms with Crippen molar-refractivity contribution in [2.24, 2.45) is 0 Å². The second-order valence-electron chi connectivity index (χ2n) is 3.04. The average Bonchev–Trinajstić information content (AvgIpc) is 2.35. The summed E-state index contributed by atoms with van der Waals surface area (Å²) in [5, 5.41) is 0.413. The number of hydrogen-bond donors (Lipinski definition) is 5. The molecule has 104 valence electrons. The van der Waals surface area contributed by atoms with E-state index in [-0.39, 0.29) is 3.41 Å². The zero-order chi connectivity index (χ0) is 13.1. The molecule has 0 aliphatic carbocycles. The zero-order valence-corrected chi connectivity index (χ0v) is 16.4. The van der Waals surface area contributed by atoms with Crippen molar-refractivity contribution in [1.82, 2.24) is 0 Å². The van der Waals surface area contributed by atoms with Gasteiger partial charge in [0.2, 0.25) is 0 Å². The first-order valence-corrected chi connectivity index (χ1v) is 11.2. The third-order valence-corrected chi connectivity index (χ3v) is 9.82. The Bertz CT molecular complexity index is 168. The predicted molar refractivity (Wildman–Crippen MR) is 108 cm³/mol. The SMILES string of the molecule is SCCSC(CS)C(S)(SCCS)SCCS. The van der Waals surface area contributed by atoms with Gasteiger partial charge in [0, 0.05) is 28.3 Å². The van der Waals surface area contributed by atoms with Crippen LogP contribution in [0.4, 0.5) is 0 Å². The molecule has 0 radical (unpaired) electrons. The molecule has 0 fully saturated rings. The third-order valence-electron chi connectivity index (χ3n) is 1.78. The van der Waals surface area contributed by atoms with Crippen LogP contribution in [-0.4, -0.2) is 48.9 Å². The fourth-order valence-corrected chi connectivity index (χ4v) is 7.45. The lowest BCUT2D eigenvalue weighted by molar-refractivity contribution is 1.05. The fraction of sp³-hybridized carbons (Fsp3) is 1.00. The lowest BCUT2D eigenvalue weighted by Crippen LogP contribution is -2.31. The van der Waals surface area contributed by atoms with Crippen LogP contribution in [0.2, 0.25) is 0 Å². The average molecular weight is 385 g/mol. The maximum Gasteiger partial charge on any atom is 0.116 e. The lowest BCUT2D eigenvalue weighted by Gasteiger charge is -2.34. The van der Waals surface area contributed by atoms with Crippen LogP contribution in [0.1, 0.15) is 0 Å². The molecule has 0 aromatic carbocycles. The van der Waals surface area contributed by atoms with Gasteiger partial charge in [0.15, 0.2) is 0 Å². The number of thiol groups is 5. The quantitative estimate of drug-likeness (QED) is 0.271. The minimum Gasteiger partial charge on any atom is -0.179 e. The summed E-state index contributed by atoms with van der Waals surface area (Å²) >= 11 is 27.8. The molecular formula is C9H20S8. The second-order valence-corrected chi connectivity index (χ2v) is 10.3. The van der Waals surface area contributed by atoms with E-state index in [4.69, 9.17) is 12.6 Å². The van der Waals surface area contributed by atoms with Crippen molar-refractivity contribution < 1.29 is 0 Å². The molecule has 0 heterocycles. The molecule has 0 bridgehead atoms. The van der Waals surface area contributed by atoms with E-state index in [1.165, 1.54) is 0 Å². The van der Waals surface area contributed by atoms with Gasteiger partial charge in [-0.05, 0) is 17.3 Å². The molecule has 17 heavy (non-hydrogen) atoms. The van der Waals surface area contributed by atoms with Gasteiger partial charge in [-0.15, -0.1) is 36.2 Å². The molecule has 0 saturated carbocycles. The van der Waals surface area contributed by atoms with Crippen molar-refractivity contribution in [3.05, 3.63) is 0 Å². The van der Waals surface area contributed by atoms with Crippen molar-refractivity contribution in [1.29, 1.82) is 0 Å². The largest absolute Gasteiger partial charge is 0.179 e. The van der Waals surface area contributed by atoms with Gasteiger partial charge in [0.25, 0.3) is 0 Å². The first-order chi connectivity index (χ1) is 8.14. The summed E-state index contributed by atoms with van der Waals surface area (Å²) in [5.74, 6) is 6.56. The summed E-state index contributed by atoms with van der Waals surface area (Å²) < 4.78 is -0.0964. The Morgan fingerprint density at radius 1 is 0.824 bits per heavy atom. The number of rotatable bonds is 11. The third kappa shape index (κ3) is 8.63. The molecule has 1 atom stereocenters. The Balaban J connectivity index is 4.46. The van der Waals surface area contributed by atoms with E-state index in [0.29, 0.717) is 5.25 Å². The highest BCUT2D eigenvalue weighted by Gasteiger charge is 2.35. The number of hydrogen-bond acceptors (Lipinski definition) is 8. The van der Waals surface area contributed by atoms with Gasteiger partial charge in [-0.25, -0.2) is 0 Å². The molecule has 0 aromatic heterocycles. The molecule has 0 nitrogen and oxygen atoms in total. The predicted octanol–water partition coefficient (Wildman–Crippen LogP) is 3.86. The Morgan fingerprint density at radius 2 is 1.29 bits per heavy atom. The molecule has 0 aliphatic rings. The van der Waals surface area contributed by atoms with E-state index < -0.39 is 0 Å². The zero-order valence-electron chi connectivity index (χ0n) is 9.49. The van der Waals surface area contributed by atoms with Gasteiger partial charge in [-0.1, -0.05) is 0 Å². The molecule has 0 spiro atoms. The van der Waals surface area contributed by atoms with E-state index in [1.54, 1.807) is 0 Å². The highest BCUT2D eigenvalue weighted by molar-refractivity contribution is 8.30. The Morgan fingerprint density at radius 3 is 1.65 bits per heavy atom. The van der Waals surface area contributed by atoms with Crippen molar-refractivity contribution in [2.75, 3.05) is 40.3 Å². The Kier molecular flexibility index (Phi) is 14.6. The smallest absolute Gasteiger partial charge is 0.116 e. The van der Waals surface area contributed by atoms with E-state index >= 15 is 0 Å². The topological polar surface area (TPSA) is 0 Å². The lowest BCUT2D eigenvalue weighted by atomic mass is 10.5. The Labute approximate surface area is 146 Å². The fourth-order valence-electron chi connectivity index (χ4n) is 1.08. The molecule has 0 aromatic rings. The van der Waals surface area contributed by atoms with E-state index in [9.17, 15) is 0 Å². The molecule has 8 heteroatoms. The minimum atomic E-state index is -0.0964. The van der Waals surface area contributed by atoms with Crippen molar-refractivity contribution >= 4 is 98.4 Å². The summed E-state index contributed by atoms with van der Waals surface area (Å²) in [7, 11) is 0. The molecular weight excluding hydrogens is 365 g/mol. The van der Waals surface area contributed by atoms with Gasteiger partial charge < -0.3 is 0 Å². The van der Waals surface area contributed by atoms with Crippen molar-refractivity contribution in [3.8, 4) is 0 Å². The summed E-state index contributed by atoms with van der Waals surface area (Å²) in [6.07, 6.45) is 0. The molecule has 0 N–H and O–H groups in total. The van der Waals surface area contributed by atoms with Gasteiger partial charge in [-0.3, -0.25) is 0 Å². The van der Waals surface area contributed by atoms with E-state index in [1.807, 2.05) is 35.3 Å². The van der Waals surface area contributed by atoms with Crippen molar-refractivity contribution in [2.45, 2.75) is 8.66 Å². The summed E-state index contributed by atoms with van der Waals surface area (Å²) in [5.41, 5.74) is 0. The minimum absolute atomic E-state index is 0.0964. The number of thioether (sulfide) groups is 3. The summed E-state index contributed by atoms with van der Waals surface area (Å²) in [4.78, 5) is 0. The molecule has 1 unspecified atom stereocenters. The van der Waals surface area contributed by atoms with Crippen LogP contribution in [-0.2, 0) is 0 Å². The Hall–Kier alpha value is 2.80. The summed E-state index contributed by atoms with van der Waals surface area (Å²) in [6, 6.07) is 0. The highest BCUT2D eigenvalue weighted by Crippen LogP contribution is 2.48. The van der Waals surface area contributed by atoms with Gasteiger partial charge >= 0.3 is 0 Å². The second kappa shape index (κ2) is 12.5. The first kappa shape index (κ1) is 19.8. The normalized spacial score (nSPS) is 13.9. The maximum absolute atomic E-state index is 4.90. The molecule has 0 aliphatic heterocycles. The van der Waals surface area contributed by atoms with E-state index in [2.05, 4.69) is 50.5 Å².